The Morgan fingerprint density at radius 2 is 1.55 bits per heavy atom. The maximum atomic E-state index is 12.6. The Morgan fingerprint density at radius 3 is 2.31 bits per heavy atom. The molecule has 0 unspecified atom stereocenters. The smallest absolute Gasteiger partial charge is 0.162 e. The van der Waals surface area contributed by atoms with Crippen LogP contribution in [0, 0.1) is 5.92 Å². The summed E-state index contributed by atoms with van der Waals surface area (Å²) >= 11 is 0. The Kier molecular flexibility index (Phi) is 8.09. The van der Waals surface area contributed by atoms with E-state index in [1.165, 1.54) is 79.2 Å². The number of hydrogen-bond acceptors (Lipinski definition) is 1. The van der Waals surface area contributed by atoms with E-state index in [1.807, 2.05) is 6.07 Å². The van der Waals surface area contributed by atoms with Crippen LogP contribution in [0.4, 0.5) is 0 Å². The molecule has 156 valence electrons. The summed E-state index contributed by atoms with van der Waals surface area (Å²) in [5.41, 5.74) is 7.81. The van der Waals surface area contributed by atoms with Gasteiger partial charge in [-0.2, -0.15) is 0 Å². The first-order chi connectivity index (χ1) is 14.1. The fourth-order valence-corrected chi connectivity index (χ4v) is 4.52. The zero-order valence-corrected chi connectivity index (χ0v) is 18.7. The third kappa shape index (κ3) is 6.04. The molecule has 2 aromatic rings. The molecule has 0 aromatic heterocycles. The van der Waals surface area contributed by atoms with Gasteiger partial charge in [0.05, 0.1) is 0 Å². The van der Waals surface area contributed by atoms with Crippen molar-refractivity contribution in [2.45, 2.75) is 91.4 Å². The third-order valence-electron chi connectivity index (χ3n) is 6.27. The minimum atomic E-state index is 0.314. The van der Waals surface area contributed by atoms with E-state index in [4.69, 9.17) is 0 Å². The summed E-state index contributed by atoms with van der Waals surface area (Å²) in [6.07, 6.45) is 12.8. The molecule has 29 heavy (non-hydrogen) atoms. The van der Waals surface area contributed by atoms with Crippen LogP contribution < -0.4 is 0 Å². The fourth-order valence-electron chi connectivity index (χ4n) is 4.52. The Morgan fingerprint density at radius 1 is 0.862 bits per heavy atom. The summed E-state index contributed by atoms with van der Waals surface area (Å²) in [6.45, 7) is 6.83. The molecule has 0 radical (unpaired) electrons. The first-order valence-electron chi connectivity index (χ1n) is 11.9. The summed E-state index contributed by atoms with van der Waals surface area (Å²) < 4.78 is 0. The molecule has 0 bridgehead atoms. The molecule has 0 N–H and O–H groups in total. The van der Waals surface area contributed by atoms with E-state index in [1.54, 1.807) is 0 Å². The highest BCUT2D eigenvalue weighted by atomic mass is 16.1. The number of ketones is 1. The highest BCUT2D eigenvalue weighted by Crippen LogP contribution is 2.38. The minimum absolute atomic E-state index is 0.314. The van der Waals surface area contributed by atoms with Crippen molar-refractivity contribution in [1.29, 1.82) is 0 Å². The average molecular weight is 391 g/mol. The predicted molar refractivity (Wildman–Crippen MR) is 125 cm³/mol. The van der Waals surface area contributed by atoms with Crippen molar-refractivity contribution in [2.75, 3.05) is 0 Å². The van der Waals surface area contributed by atoms with Gasteiger partial charge < -0.3 is 0 Å². The molecule has 1 nitrogen and oxygen atoms in total. The van der Waals surface area contributed by atoms with Crippen molar-refractivity contribution in [2.24, 2.45) is 5.92 Å². The SMILES string of the molecule is CCCCCCCCC(=O)c1ccc2c(c1)Cc1cc(CCCC(C)C)ccc1-2. The van der Waals surface area contributed by atoms with Gasteiger partial charge in [-0.25, -0.2) is 0 Å². The molecule has 0 saturated carbocycles. The van der Waals surface area contributed by atoms with Crippen LogP contribution in [0.5, 0.6) is 0 Å². The van der Waals surface area contributed by atoms with Crippen molar-refractivity contribution in [3.8, 4) is 11.1 Å². The van der Waals surface area contributed by atoms with E-state index in [-0.39, 0.29) is 0 Å². The Hall–Kier alpha value is -1.89. The number of benzene rings is 2. The molecule has 3 rings (SSSR count). The highest BCUT2D eigenvalue weighted by Gasteiger charge is 2.20. The van der Waals surface area contributed by atoms with Crippen LogP contribution in [-0.4, -0.2) is 5.78 Å². The number of carbonyl (C=O) groups is 1. The van der Waals surface area contributed by atoms with Crippen LogP contribution in [0.2, 0.25) is 0 Å². The summed E-state index contributed by atoms with van der Waals surface area (Å²) in [5, 5.41) is 0. The lowest BCUT2D eigenvalue weighted by Crippen LogP contribution is -2.00. The van der Waals surface area contributed by atoms with Gasteiger partial charge in [0.2, 0.25) is 0 Å². The molecule has 1 aliphatic carbocycles. The quantitative estimate of drug-likeness (QED) is 0.225. The van der Waals surface area contributed by atoms with E-state index < -0.39 is 0 Å². The van der Waals surface area contributed by atoms with Crippen LogP contribution in [0.25, 0.3) is 11.1 Å². The van der Waals surface area contributed by atoms with Crippen molar-refractivity contribution in [3.05, 3.63) is 58.7 Å². The van der Waals surface area contributed by atoms with Crippen LogP contribution in [0.3, 0.4) is 0 Å². The van der Waals surface area contributed by atoms with Crippen LogP contribution in [0.15, 0.2) is 36.4 Å². The second kappa shape index (κ2) is 10.8. The second-order valence-electron chi connectivity index (χ2n) is 9.27. The molecule has 1 heteroatoms. The van der Waals surface area contributed by atoms with Gasteiger partial charge in [-0.15, -0.1) is 0 Å². The lowest BCUT2D eigenvalue weighted by molar-refractivity contribution is 0.0979. The number of unbranched alkanes of at least 4 members (excludes halogenated alkanes) is 5. The van der Waals surface area contributed by atoms with Gasteiger partial charge >= 0.3 is 0 Å². The van der Waals surface area contributed by atoms with Crippen LogP contribution in [0.1, 0.15) is 106 Å². The molecule has 0 fully saturated rings. The number of hydrogen-bond donors (Lipinski definition) is 0. The molecule has 0 aliphatic heterocycles. The van der Waals surface area contributed by atoms with Crippen molar-refractivity contribution in [3.63, 3.8) is 0 Å². The maximum absolute atomic E-state index is 12.6. The van der Waals surface area contributed by atoms with Crippen LogP contribution >= 0.6 is 0 Å². The molecule has 0 saturated heterocycles. The van der Waals surface area contributed by atoms with Crippen molar-refractivity contribution in [1.82, 2.24) is 0 Å². The first kappa shape index (κ1) is 21.8. The minimum Gasteiger partial charge on any atom is -0.294 e. The van der Waals surface area contributed by atoms with Gasteiger partial charge in [-0.05, 0) is 65.5 Å². The van der Waals surface area contributed by atoms with E-state index in [0.29, 0.717) is 12.2 Å². The largest absolute Gasteiger partial charge is 0.294 e. The van der Waals surface area contributed by atoms with Crippen molar-refractivity contribution >= 4 is 5.78 Å². The van der Waals surface area contributed by atoms with Gasteiger partial charge in [0.25, 0.3) is 0 Å². The summed E-state index contributed by atoms with van der Waals surface area (Å²) in [5.74, 6) is 1.09. The monoisotopic (exact) mass is 390 g/mol. The highest BCUT2D eigenvalue weighted by molar-refractivity contribution is 5.97. The van der Waals surface area contributed by atoms with E-state index >= 15 is 0 Å². The van der Waals surface area contributed by atoms with Gasteiger partial charge in [-0.1, -0.05) is 89.6 Å². The van der Waals surface area contributed by atoms with Gasteiger partial charge in [0.15, 0.2) is 5.78 Å². The fraction of sp³-hybridized carbons (Fsp3) is 0.536. The van der Waals surface area contributed by atoms with Gasteiger partial charge in [-0.3, -0.25) is 4.79 Å². The van der Waals surface area contributed by atoms with E-state index in [0.717, 1.165) is 24.3 Å². The number of carbonyl (C=O) groups excluding carboxylic acids is 1. The zero-order chi connectivity index (χ0) is 20.6. The predicted octanol–water partition coefficient (Wildman–Crippen LogP) is 8.17. The Labute approximate surface area is 177 Å². The van der Waals surface area contributed by atoms with Gasteiger partial charge in [0, 0.05) is 12.0 Å². The lowest BCUT2D eigenvalue weighted by Gasteiger charge is -2.07. The topological polar surface area (TPSA) is 17.1 Å². The second-order valence-corrected chi connectivity index (χ2v) is 9.27. The zero-order valence-electron chi connectivity index (χ0n) is 18.7. The Bertz CT molecular complexity index is 815. The number of aryl methyl sites for hydroxylation is 1. The standard InChI is InChI=1S/C28H38O/c1-4-5-6-7-8-9-13-28(29)23-15-17-27-25(19-23)20-24-18-22(14-16-26(24)27)12-10-11-21(2)3/h14-19,21H,4-13,20H2,1-3H3. The summed E-state index contributed by atoms with van der Waals surface area (Å²) in [6, 6.07) is 13.4. The molecule has 0 spiro atoms. The normalized spacial score (nSPS) is 12.3. The number of Topliss-reactive ketones (excluding diaryl/α,β-unsaturated/α-hetero) is 1. The molecule has 2 aromatic carbocycles. The third-order valence-corrected chi connectivity index (χ3v) is 6.27. The molecule has 0 heterocycles. The van der Waals surface area contributed by atoms with Crippen LogP contribution in [-0.2, 0) is 12.8 Å². The molecule has 1 aliphatic rings. The molecule has 0 atom stereocenters. The molecular weight excluding hydrogens is 352 g/mol. The van der Waals surface area contributed by atoms with E-state index in [9.17, 15) is 4.79 Å². The average Bonchev–Trinajstić information content (AvgIpc) is 3.07. The van der Waals surface area contributed by atoms with Crippen molar-refractivity contribution < 1.29 is 4.79 Å². The first-order valence-corrected chi connectivity index (χ1v) is 11.9. The lowest BCUT2D eigenvalue weighted by atomic mass is 9.98. The summed E-state index contributed by atoms with van der Waals surface area (Å²) in [7, 11) is 0. The Balaban J connectivity index is 1.57. The van der Waals surface area contributed by atoms with Gasteiger partial charge in [0.1, 0.15) is 0 Å². The molecule has 0 amide bonds. The molecular formula is C28H38O. The number of fused-ring (bicyclic) bond motifs is 3. The summed E-state index contributed by atoms with van der Waals surface area (Å²) in [4.78, 5) is 12.6. The number of rotatable bonds is 12. The maximum Gasteiger partial charge on any atom is 0.162 e. The van der Waals surface area contributed by atoms with E-state index in [2.05, 4.69) is 51.1 Å².